The number of amides is 1. The number of anilines is 1. The Labute approximate surface area is 176 Å². The number of morpholine rings is 1. The molecule has 2 aromatic rings. The van der Waals surface area contributed by atoms with Crippen molar-refractivity contribution in [2.45, 2.75) is 24.8 Å². The maximum absolute atomic E-state index is 13.0. The Morgan fingerprint density at radius 2 is 2.03 bits per heavy atom. The van der Waals surface area contributed by atoms with Crippen molar-refractivity contribution in [2.24, 2.45) is 0 Å². The van der Waals surface area contributed by atoms with Crippen LogP contribution in [0.4, 0.5) is 5.69 Å². The predicted molar refractivity (Wildman–Crippen MR) is 114 cm³/mol. The molecule has 0 unspecified atom stereocenters. The largest absolute Gasteiger partial charge is 0.489 e. The molecule has 160 valence electrons. The van der Waals surface area contributed by atoms with Gasteiger partial charge >= 0.3 is 0 Å². The number of nitrogens with one attached hydrogen (secondary N) is 1. The fourth-order valence-corrected chi connectivity index (χ4v) is 4.32. The number of ether oxygens (including phenoxy) is 2. The highest BCUT2D eigenvalue weighted by molar-refractivity contribution is 7.89. The quantitative estimate of drug-likeness (QED) is 0.677. The highest BCUT2D eigenvalue weighted by Crippen LogP contribution is 2.30. The molecule has 0 atom stereocenters. The Morgan fingerprint density at radius 1 is 1.27 bits per heavy atom. The molecular formula is C21H25N3O5S. The smallest absolute Gasteiger partial charge is 0.248 e. The van der Waals surface area contributed by atoms with Crippen molar-refractivity contribution in [2.75, 3.05) is 31.6 Å². The highest BCUT2D eigenvalue weighted by atomic mass is 32.2. The zero-order valence-electron chi connectivity index (χ0n) is 16.9. The third-order valence-electron chi connectivity index (χ3n) is 4.29. The van der Waals surface area contributed by atoms with Crippen LogP contribution in [-0.4, -0.2) is 56.0 Å². The molecule has 0 aliphatic carbocycles. The molecule has 1 fully saturated rings. The van der Waals surface area contributed by atoms with Crippen molar-refractivity contribution in [3.8, 4) is 5.75 Å². The maximum atomic E-state index is 13.0. The number of carbonyl (C=O) groups is 1. The highest BCUT2D eigenvalue weighted by Gasteiger charge is 2.27. The predicted octanol–water partition coefficient (Wildman–Crippen LogP) is 2.54. The first-order valence-corrected chi connectivity index (χ1v) is 11.1. The Kier molecular flexibility index (Phi) is 7.20. The van der Waals surface area contributed by atoms with Crippen LogP contribution in [0.15, 0.2) is 53.7 Å². The van der Waals surface area contributed by atoms with Crippen molar-refractivity contribution in [1.29, 1.82) is 0 Å². The fraction of sp³-hybridized carbons (Fsp3) is 0.333. The van der Waals surface area contributed by atoms with E-state index in [9.17, 15) is 13.2 Å². The lowest BCUT2D eigenvalue weighted by molar-refractivity contribution is -0.111. The van der Waals surface area contributed by atoms with Gasteiger partial charge in [0.1, 0.15) is 5.75 Å². The summed E-state index contributed by atoms with van der Waals surface area (Å²) in [4.78, 5) is 16.5. The molecule has 0 bridgehead atoms. The zero-order valence-corrected chi connectivity index (χ0v) is 17.8. The molecule has 9 heteroatoms. The number of hydrogen-bond acceptors (Lipinski definition) is 6. The van der Waals surface area contributed by atoms with Crippen LogP contribution in [-0.2, 0) is 19.6 Å². The molecule has 8 nitrogen and oxygen atoms in total. The van der Waals surface area contributed by atoms with E-state index in [0.717, 1.165) is 5.56 Å². The Bertz CT molecular complexity index is 1000. The lowest BCUT2D eigenvalue weighted by Gasteiger charge is -2.26. The number of pyridine rings is 1. The van der Waals surface area contributed by atoms with Gasteiger partial charge in [0.2, 0.25) is 15.9 Å². The minimum absolute atomic E-state index is 0.0899. The third-order valence-corrected chi connectivity index (χ3v) is 6.19. The third kappa shape index (κ3) is 5.65. The number of nitrogens with zero attached hydrogens (tertiary/aromatic N) is 2. The minimum Gasteiger partial charge on any atom is -0.489 e. The first-order valence-electron chi connectivity index (χ1n) is 9.64. The van der Waals surface area contributed by atoms with Crippen LogP contribution in [0.25, 0.3) is 6.08 Å². The first-order chi connectivity index (χ1) is 14.4. The van der Waals surface area contributed by atoms with Gasteiger partial charge < -0.3 is 14.8 Å². The molecule has 2 heterocycles. The topological polar surface area (TPSA) is 97.8 Å². The first kappa shape index (κ1) is 21.9. The van der Waals surface area contributed by atoms with Gasteiger partial charge in [-0.3, -0.25) is 9.78 Å². The van der Waals surface area contributed by atoms with Gasteiger partial charge in [0.15, 0.2) is 0 Å². The van der Waals surface area contributed by atoms with E-state index < -0.39 is 15.9 Å². The zero-order chi connectivity index (χ0) is 21.6. The average Bonchev–Trinajstić information content (AvgIpc) is 2.74. The molecule has 1 aromatic heterocycles. The van der Waals surface area contributed by atoms with E-state index in [0.29, 0.717) is 37.7 Å². The second kappa shape index (κ2) is 9.84. The van der Waals surface area contributed by atoms with E-state index >= 15 is 0 Å². The molecule has 1 aliphatic rings. The van der Waals surface area contributed by atoms with E-state index in [2.05, 4.69) is 10.3 Å². The Balaban J connectivity index is 1.85. The maximum Gasteiger partial charge on any atom is 0.248 e. The molecule has 1 N–H and O–H groups in total. The van der Waals surface area contributed by atoms with Gasteiger partial charge in [-0.15, -0.1) is 0 Å². The number of carbonyl (C=O) groups excluding carboxylic acids is 1. The van der Waals surface area contributed by atoms with Gasteiger partial charge in [-0.25, -0.2) is 8.42 Å². The van der Waals surface area contributed by atoms with Gasteiger partial charge in [-0.2, -0.15) is 4.31 Å². The lowest BCUT2D eigenvalue weighted by atomic mass is 10.2. The molecular weight excluding hydrogens is 406 g/mol. The van der Waals surface area contributed by atoms with Crippen molar-refractivity contribution in [3.05, 3.63) is 54.4 Å². The fourth-order valence-electron chi connectivity index (χ4n) is 2.88. The van der Waals surface area contributed by atoms with Crippen molar-refractivity contribution >= 4 is 27.7 Å². The Hall–Kier alpha value is -2.75. The summed E-state index contributed by atoms with van der Waals surface area (Å²) in [5.41, 5.74) is 1.06. The monoisotopic (exact) mass is 431 g/mol. The van der Waals surface area contributed by atoms with Crippen LogP contribution in [0.1, 0.15) is 19.4 Å². The molecule has 1 saturated heterocycles. The molecule has 0 spiro atoms. The number of benzene rings is 1. The van der Waals surface area contributed by atoms with Crippen LogP contribution in [0.2, 0.25) is 0 Å². The van der Waals surface area contributed by atoms with Crippen LogP contribution in [0.3, 0.4) is 0 Å². The molecule has 0 radical (unpaired) electrons. The lowest BCUT2D eigenvalue weighted by Crippen LogP contribution is -2.40. The van der Waals surface area contributed by atoms with Crippen LogP contribution in [0.5, 0.6) is 5.75 Å². The summed E-state index contributed by atoms with van der Waals surface area (Å²) in [6, 6.07) is 8.07. The van der Waals surface area contributed by atoms with E-state index in [4.69, 9.17) is 9.47 Å². The summed E-state index contributed by atoms with van der Waals surface area (Å²) in [5, 5.41) is 2.72. The van der Waals surface area contributed by atoms with E-state index in [1.165, 1.54) is 22.5 Å². The SMILES string of the molecule is CC(C)Oc1ccc(S(=O)(=O)N2CCOCC2)cc1NC(=O)/C=C/c1cccnc1. The number of sulfonamides is 1. The summed E-state index contributed by atoms with van der Waals surface area (Å²) >= 11 is 0. The molecule has 0 saturated carbocycles. The number of hydrogen-bond donors (Lipinski definition) is 1. The van der Waals surface area contributed by atoms with Crippen LogP contribution in [0, 0.1) is 0 Å². The standard InChI is InChI=1S/C21H25N3O5S/c1-16(2)29-20-7-6-18(30(26,27)24-10-12-28-13-11-24)14-19(20)23-21(25)8-5-17-4-3-9-22-15-17/h3-9,14-16H,10-13H2,1-2H3,(H,23,25)/b8-5+. The number of aromatic nitrogens is 1. The molecule has 30 heavy (non-hydrogen) atoms. The second-order valence-electron chi connectivity index (χ2n) is 6.95. The normalized spacial score (nSPS) is 15.4. The van der Waals surface area contributed by atoms with Crippen molar-refractivity contribution in [3.63, 3.8) is 0 Å². The Morgan fingerprint density at radius 3 is 2.70 bits per heavy atom. The van der Waals surface area contributed by atoms with Gasteiger partial charge in [0.05, 0.1) is 29.9 Å². The second-order valence-corrected chi connectivity index (χ2v) is 8.89. The minimum atomic E-state index is -3.70. The van der Waals surface area contributed by atoms with E-state index in [-0.39, 0.29) is 11.0 Å². The average molecular weight is 432 g/mol. The molecule has 1 aliphatic heterocycles. The summed E-state index contributed by atoms with van der Waals surface area (Å²) < 4.78 is 38.3. The van der Waals surface area contributed by atoms with Crippen LogP contribution >= 0.6 is 0 Å². The molecule has 3 rings (SSSR count). The number of rotatable bonds is 7. The molecule has 1 amide bonds. The van der Waals surface area contributed by atoms with Crippen molar-refractivity contribution in [1.82, 2.24) is 9.29 Å². The van der Waals surface area contributed by atoms with Gasteiger partial charge in [0, 0.05) is 31.6 Å². The van der Waals surface area contributed by atoms with Gasteiger partial charge in [-0.05, 0) is 49.8 Å². The van der Waals surface area contributed by atoms with Crippen molar-refractivity contribution < 1.29 is 22.7 Å². The molecule has 1 aromatic carbocycles. The summed E-state index contributed by atoms with van der Waals surface area (Å²) in [6.45, 7) is 5.01. The van der Waals surface area contributed by atoms with E-state index in [1.54, 1.807) is 30.6 Å². The van der Waals surface area contributed by atoms with E-state index in [1.807, 2.05) is 19.9 Å². The summed E-state index contributed by atoms with van der Waals surface area (Å²) in [6.07, 6.45) is 6.12. The van der Waals surface area contributed by atoms with Gasteiger partial charge in [0.25, 0.3) is 0 Å². The van der Waals surface area contributed by atoms with Crippen LogP contribution < -0.4 is 10.1 Å². The summed E-state index contributed by atoms with van der Waals surface area (Å²) in [7, 11) is -3.70. The van der Waals surface area contributed by atoms with Gasteiger partial charge in [-0.1, -0.05) is 6.07 Å². The summed E-state index contributed by atoms with van der Waals surface area (Å²) in [5.74, 6) is -0.0116.